The second-order valence-electron chi connectivity index (χ2n) is 11.1. The number of rotatable bonds is 7. The lowest BCUT2D eigenvalue weighted by Gasteiger charge is -2.37. The van der Waals surface area contributed by atoms with Crippen molar-refractivity contribution < 1.29 is 4.42 Å². The maximum absolute atomic E-state index is 7.13. The molecule has 0 fully saturated rings. The van der Waals surface area contributed by atoms with Crippen LogP contribution in [0.25, 0.3) is 0 Å². The van der Waals surface area contributed by atoms with Crippen molar-refractivity contribution in [1.82, 2.24) is 0 Å². The molecule has 2 aliphatic rings. The van der Waals surface area contributed by atoms with Crippen molar-refractivity contribution in [2.24, 2.45) is 20.0 Å². The van der Waals surface area contributed by atoms with E-state index in [1.165, 1.54) is 0 Å². The smallest absolute Gasteiger partial charge is 0.229 e. The van der Waals surface area contributed by atoms with Gasteiger partial charge in [-0.1, -0.05) is 151 Å². The molecule has 46 heavy (non-hydrogen) atoms. The Bertz CT molecular complexity index is 2030. The second kappa shape index (κ2) is 11.4. The molecule has 1 aromatic heterocycles. The molecule has 0 amide bonds. The maximum Gasteiger partial charge on any atom is 0.229 e. The minimum atomic E-state index is -1.44. The van der Waals surface area contributed by atoms with Crippen LogP contribution in [0.5, 0.6) is 0 Å². The summed E-state index contributed by atoms with van der Waals surface area (Å²) in [5.41, 5.74) is 5.19. The molecule has 0 radical (unpaired) electrons. The highest BCUT2D eigenvalue weighted by Crippen LogP contribution is 2.55. The predicted molar refractivity (Wildman–Crippen MR) is 185 cm³/mol. The summed E-state index contributed by atoms with van der Waals surface area (Å²) in [5.74, 6) is 0. The van der Waals surface area contributed by atoms with Gasteiger partial charge in [-0.3, -0.25) is 0 Å². The summed E-state index contributed by atoms with van der Waals surface area (Å²) < 4.78 is 5.76. The molecule has 0 N–H and O–H groups in total. The fourth-order valence-electron chi connectivity index (χ4n) is 6.26. The van der Waals surface area contributed by atoms with Gasteiger partial charge in [0.2, 0.25) is 11.3 Å². The van der Waals surface area contributed by atoms with Gasteiger partial charge in [0.1, 0.15) is 0 Å². The number of furan rings is 1. The van der Waals surface area contributed by atoms with Crippen molar-refractivity contribution in [3.8, 4) is 0 Å². The maximum atomic E-state index is 7.13. The fourth-order valence-corrected chi connectivity index (χ4v) is 6.52. The van der Waals surface area contributed by atoms with Gasteiger partial charge in [0.25, 0.3) is 0 Å². The molecule has 6 aromatic rings. The lowest BCUT2D eigenvalue weighted by molar-refractivity contribution is 0.255. The van der Waals surface area contributed by atoms with E-state index in [9.17, 15) is 0 Å². The molecule has 0 atom stereocenters. The monoisotopic (exact) mass is 614 g/mol. The molecule has 3 heterocycles. The normalized spacial score (nSPS) is 16.4. The first-order chi connectivity index (χ1) is 22.7. The summed E-state index contributed by atoms with van der Waals surface area (Å²) in [6, 6.07) is 50.1. The van der Waals surface area contributed by atoms with Crippen LogP contribution >= 0.6 is 11.6 Å². The lowest BCUT2D eigenvalue weighted by atomic mass is 9.83. The lowest BCUT2D eigenvalue weighted by Crippen LogP contribution is -2.43. The zero-order valence-electron chi connectivity index (χ0n) is 24.7. The summed E-state index contributed by atoms with van der Waals surface area (Å²) in [5, 5.41) is 0.513. The second-order valence-corrected chi connectivity index (χ2v) is 11.5. The van der Waals surface area contributed by atoms with E-state index < -0.39 is 11.3 Å². The average Bonchev–Trinajstić information content (AvgIpc) is 3.90. The van der Waals surface area contributed by atoms with Crippen LogP contribution in [0.1, 0.15) is 33.4 Å². The summed E-state index contributed by atoms with van der Waals surface area (Å²) in [4.78, 5) is 22.4. The Labute approximate surface area is 272 Å². The van der Waals surface area contributed by atoms with E-state index in [0.29, 0.717) is 16.1 Å². The Balaban J connectivity index is 1.53. The van der Waals surface area contributed by atoms with Crippen LogP contribution in [-0.4, -0.2) is 22.8 Å². The van der Waals surface area contributed by atoms with Crippen LogP contribution in [0.15, 0.2) is 189 Å². The van der Waals surface area contributed by atoms with Gasteiger partial charge in [0, 0.05) is 38.4 Å². The largest absolute Gasteiger partial charge is 0.472 e. The van der Waals surface area contributed by atoms with Crippen molar-refractivity contribution in [3.05, 3.63) is 203 Å². The minimum Gasteiger partial charge on any atom is -0.472 e. The van der Waals surface area contributed by atoms with E-state index in [-0.39, 0.29) is 0 Å². The number of nitrogens with zero attached hydrogens (tertiary/aromatic N) is 4. The molecule has 5 nitrogen and oxygen atoms in total. The third-order valence-electron chi connectivity index (χ3n) is 8.39. The summed E-state index contributed by atoms with van der Waals surface area (Å²) in [7, 11) is 0. The van der Waals surface area contributed by atoms with Gasteiger partial charge in [-0.15, -0.1) is 0 Å². The van der Waals surface area contributed by atoms with Gasteiger partial charge in [0.05, 0.1) is 35.4 Å². The summed E-state index contributed by atoms with van der Waals surface area (Å²) >= 11 is 7.13. The van der Waals surface area contributed by atoms with Crippen LogP contribution in [0.4, 0.5) is 0 Å². The predicted octanol–water partition coefficient (Wildman–Crippen LogP) is 8.92. The molecule has 0 saturated heterocycles. The topological polar surface area (TPSA) is 62.6 Å². The minimum absolute atomic E-state index is 0.513. The fraction of sp³-hybridized carbons (Fsp3) is 0.0500. The number of halogens is 1. The van der Waals surface area contributed by atoms with Crippen LogP contribution in [0, 0.1) is 0 Å². The third-order valence-corrected chi connectivity index (χ3v) is 8.72. The third kappa shape index (κ3) is 4.47. The Morgan fingerprint density at radius 3 is 1.15 bits per heavy atom. The van der Waals surface area contributed by atoms with Crippen molar-refractivity contribution in [2.75, 3.05) is 0 Å². The average molecular weight is 615 g/mol. The molecule has 0 unspecified atom stereocenters. The van der Waals surface area contributed by atoms with Crippen molar-refractivity contribution in [2.45, 2.75) is 11.3 Å². The van der Waals surface area contributed by atoms with E-state index in [1.54, 1.807) is 12.5 Å². The van der Waals surface area contributed by atoms with Gasteiger partial charge in [-0.05, 0) is 12.1 Å². The van der Waals surface area contributed by atoms with Crippen LogP contribution in [0.3, 0.4) is 0 Å². The highest BCUT2D eigenvalue weighted by atomic mass is 35.5. The van der Waals surface area contributed by atoms with E-state index in [0.717, 1.165) is 45.1 Å². The zero-order chi connectivity index (χ0) is 31.0. The molecular formula is C40H27ClN4O. The standard InChI is InChI=1S/C40H27ClN4O/c41-34-24-14-13-23-33(34)40(44-37(30-19-9-3-10-20-30)38(45-40)31-21-11-4-12-22-31)39(32-25-26-46-27-32)42-35(28-15-5-1-6-16-28)36(43-39)29-17-7-2-8-18-29/h1-27H. The molecule has 2 aliphatic heterocycles. The van der Waals surface area contributed by atoms with Gasteiger partial charge in [0.15, 0.2) is 0 Å². The van der Waals surface area contributed by atoms with Gasteiger partial charge >= 0.3 is 0 Å². The number of aliphatic imine (C=N–C) groups is 4. The van der Waals surface area contributed by atoms with Crippen molar-refractivity contribution in [3.63, 3.8) is 0 Å². The first-order valence-electron chi connectivity index (χ1n) is 15.1. The molecule has 0 aliphatic carbocycles. The molecule has 0 spiro atoms. The van der Waals surface area contributed by atoms with Gasteiger partial charge in [-0.2, -0.15) is 0 Å². The highest BCUT2D eigenvalue weighted by molar-refractivity contribution is 6.56. The van der Waals surface area contributed by atoms with Crippen LogP contribution < -0.4 is 0 Å². The molecule has 5 aromatic carbocycles. The Morgan fingerprint density at radius 1 is 0.413 bits per heavy atom. The highest BCUT2D eigenvalue weighted by Gasteiger charge is 2.61. The Hall–Kier alpha value is -5.65. The van der Waals surface area contributed by atoms with Crippen LogP contribution in [0.2, 0.25) is 5.02 Å². The Morgan fingerprint density at radius 2 is 0.783 bits per heavy atom. The number of hydrogen-bond donors (Lipinski definition) is 0. The molecule has 0 saturated carbocycles. The van der Waals surface area contributed by atoms with E-state index >= 15 is 0 Å². The quantitative estimate of drug-likeness (QED) is 0.177. The number of benzene rings is 5. The summed E-state index contributed by atoms with van der Waals surface area (Å²) in [6.45, 7) is 0. The molecular weight excluding hydrogens is 588 g/mol. The van der Waals surface area contributed by atoms with Crippen LogP contribution in [-0.2, 0) is 11.3 Å². The first kappa shape index (κ1) is 27.9. The van der Waals surface area contributed by atoms with E-state index in [4.69, 9.17) is 36.0 Å². The molecule has 220 valence electrons. The SMILES string of the molecule is Clc1ccccc1C1(C2(c3ccoc3)N=C(c3ccccc3)C(c3ccccc3)=N2)N=C(c2ccccc2)C(c2ccccc2)=N1. The zero-order valence-corrected chi connectivity index (χ0v) is 25.4. The Kier molecular flexibility index (Phi) is 6.89. The number of hydrogen-bond acceptors (Lipinski definition) is 5. The van der Waals surface area contributed by atoms with Crippen molar-refractivity contribution in [1.29, 1.82) is 0 Å². The molecule has 8 rings (SSSR count). The van der Waals surface area contributed by atoms with Gasteiger partial charge < -0.3 is 4.42 Å². The van der Waals surface area contributed by atoms with E-state index in [2.05, 4.69) is 48.5 Å². The molecule has 0 bridgehead atoms. The van der Waals surface area contributed by atoms with E-state index in [1.807, 2.05) is 103 Å². The summed E-state index contributed by atoms with van der Waals surface area (Å²) in [6.07, 6.45) is 3.33. The molecule has 6 heteroatoms. The first-order valence-corrected chi connectivity index (χ1v) is 15.5. The van der Waals surface area contributed by atoms with Gasteiger partial charge in [-0.25, -0.2) is 20.0 Å². The van der Waals surface area contributed by atoms with Crippen molar-refractivity contribution >= 4 is 34.4 Å².